The minimum atomic E-state index is -1.28. The van der Waals surface area contributed by atoms with Gasteiger partial charge in [-0.3, -0.25) is 4.98 Å². The van der Waals surface area contributed by atoms with Crippen LogP contribution >= 0.6 is 0 Å². The largest absolute Gasteiger partial charge is 0.497 e. The van der Waals surface area contributed by atoms with Gasteiger partial charge in [-0.2, -0.15) is 0 Å². The summed E-state index contributed by atoms with van der Waals surface area (Å²) in [5.41, 5.74) is 6.99. The van der Waals surface area contributed by atoms with Crippen molar-refractivity contribution in [3.63, 3.8) is 0 Å². The van der Waals surface area contributed by atoms with E-state index in [1.807, 2.05) is 0 Å². The van der Waals surface area contributed by atoms with E-state index in [0.29, 0.717) is 78.8 Å². The van der Waals surface area contributed by atoms with E-state index in [4.69, 9.17) is 10.5 Å². The monoisotopic (exact) mass is 534 g/mol. The number of aliphatic hydroxyl groups is 1. The minimum Gasteiger partial charge on any atom is -0.497 e. The van der Waals surface area contributed by atoms with Gasteiger partial charge in [0.15, 0.2) is 11.6 Å². The first kappa shape index (κ1) is 28.1. The molecule has 0 saturated carbocycles. The lowest BCUT2D eigenvalue weighted by atomic mass is 9.74. The predicted molar refractivity (Wildman–Crippen MR) is 139 cm³/mol. The molecule has 2 aromatic carbocycles. The Bertz CT molecular complexity index is 1220. The Balaban J connectivity index is 1.35. The van der Waals surface area contributed by atoms with Gasteiger partial charge in [0, 0.05) is 55.5 Å². The van der Waals surface area contributed by atoms with Crippen molar-refractivity contribution in [2.45, 2.75) is 38.4 Å². The second-order valence-corrected chi connectivity index (χ2v) is 9.96. The highest BCUT2D eigenvalue weighted by atomic mass is 19.1. The second-order valence-electron chi connectivity index (χ2n) is 9.96. The summed E-state index contributed by atoms with van der Waals surface area (Å²) in [7, 11) is 1.56. The van der Waals surface area contributed by atoms with Crippen LogP contribution in [0.3, 0.4) is 0 Å². The Morgan fingerprint density at radius 1 is 1.16 bits per heavy atom. The van der Waals surface area contributed by atoms with E-state index in [2.05, 4.69) is 15.2 Å². The van der Waals surface area contributed by atoms with Gasteiger partial charge < -0.3 is 25.8 Å². The lowest BCUT2D eigenvalue weighted by molar-refractivity contribution is 0.0315. The van der Waals surface area contributed by atoms with Gasteiger partial charge in [0.25, 0.3) is 0 Å². The number of anilines is 1. The van der Waals surface area contributed by atoms with Crippen LogP contribution in [0.2, 0.25) is 0 Å². The van der Waals surface area contributed by atoms with Crippen LogP contribution < -0.4 is 15.8 Å². The minimum absolute atomic E-state index is 0.0491. The summed E-state index contributed by atoms with van der Waals surface area (Å²) in [4.78, 5) is 6.53. The van der Waals surface area contributed by atoms with Crippen LogP contribution in [0.5, 0.6) is 5.75 Å². The third-order valence-electron chi connectivity index (χ3n) is 7.65. The van der Waals surface area contributed by atoms with Crippen LogP contribution in [0.25, 0.3) is 10.9 Å². The molecule has 1 aliphatic heterocycles. The van der Waals surface area contributed by atoms with E-state index in [1.165, 1.54) is 0 Å². The summed E-state index contributed by atoms with van der Waals surface area (Å²) in [5.74, 6) is -2.30. The Morgan fingerprint density at radius 3 is 2.50 bits per heavy atom. The van der Waals surface area contributed by atoms with Crippen molar-refractivity contribution in [3.05, 3.63) is 65.1 Å². The van der Waals surface area contributed by atoms with E-state index in [-0.39, 0.29) is 31.8 Å². The van der Waals surface area contributed by atoms with Crippen molar-refractivity contribution in [1.29, 1.82) is 0 Å². The lowest BCUT2D eigenvalue weighted by Crippen LogP contribution is -2.43. The van der Waals surface area contributed by atoms with Crippen LogP contribution in [0.1, 0.15) is 43.0 Å². The third-order valence-corrected chi connectivity index (χ3v) is 7.65. The van der Waals surface area contributed by atoms with Gasteiger partial charge in [-0.25, -0.2) is 17.6 Å². The van der Waals surface area contributed by atoms with Gasteiger partial charge in [0.1, 0.15) is 23.4 Å². The average molecular weight is 535 g/mol. The molecule has 6 nitrogen and oxygen atoms in total. The number of nitrogens with two attached hydrogens (primary N) is 1. The normalized spacial score (nSPS) is 16.5. The van der Waals surface area contributed by atoms with Gasteiger partial charge >= 0.3 is 0 Å². The second kappa shape index (κ2) is 12.3. The highest BCUT2D eigenvalue weighted by molar-refractivity contribution is 5.85. The maximum atomic E-state index is 15.8. The summed E-state index contributed by atoms with van der Waals surface area (Å²) in [5, 5.41) is 13.6. The SMILES string of the molecule is COc1ccc2ncc(CN)c([C@H](F)CCC3(CO)CCN(CCNc4c(F)cc(F)cc4F)CC3)c2c1. The number of methoxy groups -OCH3 is 1. The van der Waals surface area contributed by atoms with Gasteiger partial charge in [-0.1, -0.05) is 0 Å². The van der Waals surface area contributed by atoms with E-state index < -0.39 is 29.0 Å². The highest BCUT2D eigenvalue weighted by Crippen LogP contribution is 2.41. The first-order chi connectivity index (χ1) is 18.3. The fourth-order valence-corrected chi connectivity index (χ4v) is 5.26. The number of pyridine rings is 1. The Hall–Kier alpha value is -2.95. The molecular formula is C28H34F4N4O2. The fraction of sp³-hybridized carbons (Fsp3) is 0.464. The predicted octanol–water partition coefficient (Wildman–Crippen LogP) is 5.10. The van der Waals surface area contributed by atoms with Crippen LogP contribution in [-0.2, 0) is 6.54 Å². The number of alkyl halides is 1. The first-order valence-corrected chi connectivity index (χ1v) is 12.8. The smallest absolute Gasteiger partial charge is 0.152 e. The molecule has 4 N–H and O–H groups in total. The molecule has 2 heterocycles. The van der Waals surface area contributed by atoms with Gasteiger partial charge in [-0.05, 0) is 68.0 Å². The summed E-state index contributed by atoms with van der Waals surface area (Å²) in [6, 6.07) is 6.64. The molecule has 1 saturated heterocycles. The van der Waals surface area contributed by atoms with Crippen LogP contribution in [0, 0.1) is 22.9 Å². The number of hydrogen-bond acceptors (Lipinski definition) is 6. The van der Waals surface area contributed by atoms with Crippen molar-refractivity contribution >= 4 is 16.6 Å². The Kier molecular flexibility index (Phi) is 9.07. The van der Waals surface area contributed by atoms with Crippen molar-refractivity contribution in [2.24, 2.45) is 11.1 Å². The summed E-state index contributed by atoms with van der Waals surface area (Å²) in [6.45, 7) is 2.24. The summed E-state index contributed by atoms with van der Waals surface area (Å²) in [6.07, 6.45) is 2.41. The molecule has 0 bridgehead atoms. The zero-order valence-electron chi connectivity index (χ0n) is 21.5. The number of nitrogens with one attached hydrogen (secondary N) is 1. The number of rotatable bonds is 11. The molecule has 1 aliphatic rings. The molecule has 1 fully saturated rings. The van der Waals surface area contributed by atoms with Crippen molar-refractivity contribution in [3.8, 4) is 5.75 Å². The van der Waals surface area contributed by atoms with Crippen LogP contribution in [-0.4, -0.2) is 54.9 Å². The molecule has 0 radical (unpaired) electrons. The van der Waals surface area contributed by atoms with Gasteiger partial charge in [-0.15, -0.1) is 0 Å². The molecule has 0 aliphatic carbocycles. The van der Waals surface area contributed by atoms with Crippen molar-refractivity contribution in [1.82, 2.24) is 9.88 Å². The van der Waals surface area contributed by atoms with E-state index in [9.17, 15) is 18.3 Å². The van der Waals surface area contributed by atoms with Crippen LogP contribution in [0.15, 0.2) is 36.5 Å². The molecule has 4 rings (SSSR count). The standard InChI is InChI=1S/C28H34F4N4O2/c1-38-20-2-3-25-21(14-20)26(18(15-33)16-35-25)22(30)4-5-28(17-37)6-9-36(10-7-28)11-8-34-27-23(31)12-19(29)13-24(27)32/h2-3,12-14,16,22,34,37H,4-11,15,17,33H2,1H3/t22-/m1/s1. The first-order valence-electron chi connectivity index (χ1n) is 12.8. The number of nitrogens with zero attached hydrogens (tertiary/aromatic N) is 2. The molecule has 1 aromatic heterocycles. The molecule has 38 heavy (non-hydrogen) atoms. The van der Waals surface area contributed by atoms with Gasteiger partial charge in [0.05, 0.1) is 12.6 Å². The summed E-state index contributed by atoms with van der Waals surface area (Å²) < 4.78 is 61.9. The number of fused-ring (bicyclic) bond motifs is 1. The zero-order valence-corrected chi connectivity index (χ0v) is 21.5. The number of aromatic nitrogens is 1. The number of benzene rings is 2. The van der Waals surface area contributed by atoms with E-state index in [1.54, 1.807) is 31.5 Å². The topological polar surface area (TPSA) is 83.6 Å². The Morgan fingerprint density at radius 2 is 1.87 bits per heavy atom. The molecule has 0 unspecified atom stereocenters. The zero-order chi connectivity index (χ0) is 27.3. The lowest BCUT2D eigenvalue weighted by Gasteiger charge is -2.41. The molecule has 1 atom stereocenters. The third kappa shape index (κ3) is 6.19. The number of likely N-dealkylation sites (tertiary alicyclic amines) is 1. The number of halogens is 4. The molecule has 3 aromatic rings. The molecule has 206 valence electrons. The Labute approximate surface area is 219 Å². The molecule has 10 heteroatoms. The average Bonchev–Trinajstić information content (AvgIpc) is 2.92. The highest BCUT2D eigenvalue weighted by Gasteiger charge is 2.35. The molecule has 0 amide bonds. The maximum absolute atomic E-state index is 15.8. The summed E-state index contributed by atoms with van der Waals surface area (Å²) >= 11 is 0. The molecular weight excluding hydrogens is 500 g/mol. The molecule has 0 spiro atoms. The quantitative estimate of drug-likeness (QED) is 0.297. The van der Waals surface area contributed by atoms with E-state index >= 15 is 4.39 Å². The van der Waals surface area contributed by atoms with Gasteiger partial charge in [0.2, 0.25) is 0 Å². The fourth-order valence-electron chi connectivity index (χ4n) is 5.26. The number of aliphatic hydroxyl groups excluding tert-OH is 1. The number of piperidine rings is 1. The maximum Gasteiger partial charge on any atom is 0.152 e. The number of ether oxygens (including phenoxy) is 1. The van der Waals surface area contributed by atoms with E-state index in [0.717, 1.165) is 0 Å². The number of hydrogen-bond donors (Lipinski definition) is 3. The van der Waals surface area contributed by atoms with Crippen molar-refractivity contribution in [2.75, 3.05) is 45.2 Å². The van der Waals surface area contributed by atoms with Crippen LogP contribution in [0.4, 0.5) is 23.2 Å². The van der Waals surface area contributed by atoms with Crippen molar-refractivity contribution < 1.29 is 27.4 Å².